The van der Waals surface area contributed by atoms with Gasteiger partial charge in [-0.3, -0.25) is 0 Å². The van der Waals surface area contributed by atoms with E-state index in [4.69, 9.17) is 20.8 Å². The van der Waals surface area contributed by atoms with Gasteiger partial charge in [0.05, 0.1) is 29.8 Å². The second kappa shape index (κ2) is 7.71. The molecule has 0 amide bonds. The summed E-state index contributed by atoms with van der Waals surface area (Å²) in [7, 11) is 0. The summed E-state index contributed by atoms with van der Waals surface area (Å²) >= 11 is 5.75. The Morgan fingerprint density at radius 3 is 2.59 bits per heavy atom. The highest BCUT2D eigenvalue weighted by atomic mass is 35.5. The molecule has 32 heavy (non-hydrogen) atoms. The molecule has 1 N–H and O–H groups in total. The average Bonchev–Trinajstić information content (AvgIpc) is 3.32. The number of benzene rings is 1. The van der Waals surface area contributed by atoms with E-state index < -0.39 is 22.8 Å². The molecule has 1 aliphatic rings. The molecule has 1 aromatic carbocycles. The fourth-order valence-corrected chi connectivity index (χ4v) is 3.52. The van der Waals surface area contributed by atoms with Crippen LogP contribution in [0.4, 0.5) is 19.2 Å². The van der Waals surface area contributed by atoms with Crippen LogP contribution in [0.1, 0.15) is 35.8 Å². The van der Waals surface area contributed by atoms with Crippen molar-refractivity contribution in [1.82, 2.24) is 29.7 Å². The van der Waals surface area contributed by atoms with Crippen molar-refractivity contribution in [3.63, 3.8) is 0 Å². The van der Waals surface area contributed by atoms with E-state index in [2.05, 4.69) is 30.4 Å². The molecule has 0 saturated carbocycles. The molecule has 0 aliphatic carbocycles. The molecule has 1 atom stereocenters. The lowest BCUT2D eigenvalue weighted by Crippen LogP contribution is -2.25. The van der Waals surface area contributed by atoms with Gasteiger partial charge in [0.2, 0.25) is 0 Å². The van der Waals surface area contributed by atoms with E-state index in [9.17, 15) is 13.2 Å². The number of fused-ring (bicyclic) bond motifs is 1. The van der Waals surface area contributed by atoms with E-state index in [0.717, 1.165) is 17.7 Å². The number of alkyl halides is 3. The summed E-state index contributed by atoms with van der Waals surface area (Å²) in [4.78, 5) is 17.0. The zero-order chi connectivity index (χ0) is 22.5. The van der Waals surface area contributed by atoms with Crippen LogP contribution in [0.5, 0.6) is 0 Å². The molecule has 9 nitrogen and oxygen atoms in total. The third kappa shape index (κ3) is 3.75. The lowest BCUT2D eigenvalue weighted by molar-refractivity contribution is -0.137. The second-order valence-corrected chi connectivity index (χ2v) is 7.67. The predicted octanol–water partition coefficient (Wildman–Crippen LogP) is 4.16. The van der Waals surface area contributed by atoms with Crippen molar-refractivity contribution >= 4 is 28.7 Å². The minimum atomic E-state index is -4.59. The fraction of sp³-hybridized carbons (Fsp3) is 0.316. The van der Waals surface area contributed by atoms with E-state index >= 15 is 0 Å². The first-order valence-electron chi connectivity index (χ1n) is 9.53. The minimum Gasteiger partial charge on any atom is -0.423 e. The molecule has 0 bridgehead atoms. The van der Waals surface area contributed by atoms with Crippen molar-refractivity contribution in [2.45, 2.75) is 25.1 Å². The summed E-state index contributed by atoms with van der Waals surface area (Å²) < 4.78 is 51.4. The van der Waals surface area contributed by atoms with Crippen LogP contribution < -0.4 is 5.32 Å². The number of anilines is 1. The van der Waals surface area contributed by atoms with Crippen LogP contribution in [-0.2, 0) is 10.9 Å². The van der Waals surface area contributed by atoms with Crippen molar-refractivity contribution in [3.05, 3.63) is 52.8 Å². The molecule has 1 fully saturated rings. The predicted molar refractivity (Wildman–Crippen MR) is 107 cm³/mol. The Kier molecular flexibility index (Phi) is 4.97. The maximum Gasteiger partial charge on any atom is 0.417 e. The molecule has 1 aliphatic heterocycles. The Bertz CT molecular complexity index is 1270. The fourth-order valence-electron chi connectivity index (χ4n) is 3.26. The van der Waals surface area contributed by atoms with Crippen molar-refractivity contribution in [1.29, 1.82) is 0 Å². The Hall–Kier alpha value is -3.25. The number of aromatic nitrogens is 6. The molecule has 1 unspecified atom stereocenters. The minimum absolute atomic E-state index is 0.0127. The number of halogens is 4. The number of hydrogen-bond donors (Lipinski definition) is 1. The van der Waals surface area contributed by atoms with Crippen molar-refractivity contribution in [3.8, 4) is 5.95 Å². The third-order valence-corrected chi connectivity index (χ3v) is 5.35. The lowest BCUT2D eigenvalue weighted by Gasteiger charge is -2.25. The van der Waals surface area contributed by atoms with Crippen LogP contribution >= 0.6 is 11.6 Å². The van der Waals surface area contributed by atoms with E-state index in [1.807, 2.05) is 0 Å². The first-order chi connectivity index (χ1) is 15.3. The Labute approximate surface area is 183 Å². The maximum atomic E-state index is 13.1. The Morgan fingerprint density at radius 1 is 1.19 bits per heavy atom. The number of hydrogen-bond acceptors (Lipinski definition) is 8. The number of ether oxygens (including phenoxy) is 1. The normalized spacial score (nSPS) is 15.7. The second-order valence-electron chi connectivity index (χ2n) is 7.26. The highest BCUT2D eigenvalue weighted by Gasteiger charge is 2.34. The number of nitrogens with one attached hydrogen (secondary N) is 1. The Balaban J connectivity index is 1.38. The van der Waals surface area contributed by atoms with Gasteiger partial charge in [0.25, 0.3) is 12.0 Å². The van der Waals surface area contributed by atoms with Crippen LogP contribution in [-0.4, -0.2) is 42.9 Å². The van der Waals surface area contributed by atoms with Crippen molar-refractivity contribution in [2.24, 2.45) is 0 Å². The highest BCUT2D eigenvalue weighted by Crippen LogP contribution is 2.37. The van der Waals surface area contributed by atoms with Gasteiger partial charge in [-0.1, -0.05) is 11.6 Å². The quantitative estimate of drug-likeness (QED) is 0.468. The topological polar surface area (TPSA) is 104 Å². The number of rotatable bonds is 5. The van der Waals surface area contributed by atoms with E-state index in [-0.39, 0.29) is 17.1 Å². The molecule has 5 rings (SSSR count). The zero-order valence-electron chi connectivity index (χ0n) is 16.5. The smallest absolute Gasteiger partial charge is 0.417 e. The van der Waals surface area contributed by atoms with Gasteiger partial charge in [-0.05, 0) is 18.6 Å². The molecular weight excluding hydrogens is 451 g/mol. The van der Waals surface area contributed by atoms with E-state index in [1.165, 1.54) is 11.0 Å². The summed E-state index contributed by atoms with van der Waals surface area (Å²) in [6.45, 7) is 3.07. The molecule has 166 valence electrons. The monoisotopic (exact) mass is 465 g/mol. The molecule has 0 radical (unpaired) electrons. The summed E-state index contributed by atoms with van der Waals surface area (Å²) in [6, 6.07) is 1.47. The third-order valence-electron chi connectivity index (χ3n) is 5.04. The molecule has 0 spiro atoms. The van der Waals surface area contributed by atoms with Gasteiger partial charge in [0, 0.05) is 24.4 Å². The molecule has 4 heterocycles. The summed E-state index contributed by atoms with van der Waals surface area (Å²) in [5.41, 5.74) is 0.152. The van der Waals surface area contributed by atoms with Crippen molar-refractivity contribution in [2.75, 3.05) is 18.5 Å². The van der Waals surface area contributed by atoms with Gasteiger partial charge in [-0.25, -0.2) is 15.0 Å². The van der Waals surface area contributed by atoms with Crippen LogP contribution in [0.25, 0.3) is 17.0 Å². The van der Waals surface area contributed by atoms with Crippen molar-refractivity contribution < 1.29 is 22.3 Å². The van der Waals surface area contributed by atoms with E-state index in [0.29, 0.717) is 30.9 Å². The largest absolute Gasteiger partial charge is 0.423 e. The first kappa shape index (κ1) is 20.6. The zero-order valence-corrected chi connectivity index (χ0v) is 17.2. The lowest BCUT2D eigenvalue weighted by atomic mass is 10.0. The molecule has 4 aromatic rings. The number of nitrogens with zero attached hydrogens (tertiary/aromatic N) is 6. The summed E-state index contributed by atoms with van der Waals surface area (Å²) in [5.74, 6) is 1.08. The van der Waals surface area contributed by atoms with Gasteiger partial charge >= 0.3 is 6.18 Å². The van der Waals surface area contributed by atoms with Gasteiger partial charge in [0.1, 0.15) is 11.8 Å². The number of oxazole rings is 1. The summed E-state index contributed by atoms with van der Waals surface area (Å²) in [5, 5.41) is 6.68. The van der Waals surface area contributed by atoms with Gasteiger partial charge in [-0.15, -0.1) is 0 Å². The molecule has 3 aromatic heterocycles. The standard InChI is InChI=1S/C19H15ClF3N7O2/c1-9(28-18-29-14-2-12(19(21,22)23)13(20)3-15(14)32-18)16-26-8-27-30(16)17-24-4-10(5-25-17)11-6-31-7-11/h2-5,8-9,11H,6-7H2,1H3,(H,28,29). The first-order valence-corrected chi connectivity index (χ1v) is 9.91. The van der Waals surface area contributed by atoms with Gasteiger partial charge in [-0.2, -0.15) is 27.9 Å². The maximum absolute atomic E-state index is 13.1. The molecule has 1 saturated heterocycles. The average molecular weight is 466 g/mol. The van der Waals surface area contributed by atoms with Gasteiger partial charge < -0.3 is 14.5 Å². The van der Waals surface area contributed by atoms with Crippen LogP contribution in [0.2, 0.25) is 5.02 Å². The Morgan fingerprint density at radius 2 is 1.94 bits per heavy atom. The van der Waals surface area contributed by atoms with Crippen LogP contribution in [0, 0.1) is 0 Å². The molecular formula is C19H15ClF3N7O2. The van der Waals surface area contributed by atoms with Crippen LogP contribution in [0.15, 0.2) is 35.3 Å². The van der Waals surface area contributed by atoms with Gasteiger partial charge in [0.15, 0.2) is 11.4 Å². The SMILES string of the molecule is CC(Nc1nc2cc(C(F)(F)F)c(Cl)cc2o1)c1ncnn1-c1ncc(C2COC2)cn1. The van der Waals surface area contributed by atoms with E-state index in [1.54, 1.807) is 19.3 Å². The highest BCUT2D eigenvalue weighted by molar-refractivity contribution is 6.32. The van der Waals surface area contributed by atoms with Crippen LogP contribution in [0.3, 0.4) is 0 Å². The summed E-state index contributed by atoms with van der Waals surface area (Å²) in [6.07, 6.45) is 0.207. The molecule has 13 heteroatoms.